The van der Waals surface area contributed by atoms with Crippen LogP contribution in [0.5, 0.6) is 0 Å². The third-order valence-electron chi connectivity index (χ3n) is 2.43. The molecule has 0 amide bonds. The molecule has 4 nitrogen and oxygen atoms in total. The number of hydrogen-bond donors (Lipinski definition) is 1. The lowest BCUT2D eigenvalue weighted by Crippen LogP contribution is -2.03. The van der Waals surface area contributed by atoms with Gasteiger partial charge in [0.25, 0.3) is 5.56 Å². The molecule has 1 N–H and O–H groups in total. The number of benzene rings is 1. The van der Waals surface area contributed by atoms with E-state index in [0.29, 0.717) is 22.1 Å². The summed E-state index contributed by atoms with van der Waals surface area (Å²) in [5.74, 6) is 0.527. The average molecular weight is 247 g/mol. The van der Waals surface area contributed by atoms with Crippen LogP contribution in [0, 0.1) is 0 Å². The van der Waals surface area contributed by atoms with E-state index in [1.54, 1.807) is 6.07 Å². The summed E-state index contributed by atoms with van der Waals surface area (Å²) in [7, 11) is 0. The first kappa shape index (κ1) is 10.1. The van der Waals surface area contributed by atoms with Crippen molar-refractivity contribution in [3.05, 3.63) is 52.0 Å². The minimum atomic E-state index is -0.221. The first-order valence-corrected chi connectivity index (χ1v) is 5.35. The van der Waals surface area contributed by atoms with E-state index in [4.69, 9.17) is 16.0 Å². The van der Waals surface area contributed by atoms with Crippen LogP contribution in [0.25, 0.3) is 22.4 Å². The highest BCUT2D eigenvalue weighted by Crippen LogP contribution is 2.30. The van der Waals surface area contributed by atoms with E-state index in [9.17, 15) is 4.79 Å². The Labute approximate surface area is 101 Å². The number of rotatable bonds is 1. The van der Waals surface area contributed by atoms with Crippen molar-refractivity contribution in [2.45, 2.75) is 0 Å². The third-order valence-corrected chi connectivity index (χ3v) is 2.72. The smallest absolute Gasteiger partial charge is 0.251 e. The molecule has 0 atom stereocenters. The molecule has 2 aromatic heterocycles. The van der Waals surface area contributed by atoms with Gasteiger partial charge in [0.05, 0.1) is 11.3 Å². The zero-order chi connectivity index (χ0) is 11.8. The maximum atomic E-state index is 11.2. The molecule has 0 spiro atoms. The number of para-hydroxylation sites is 1. The fourth-order valence-corrected chi connectivity index (χ4v) is 1.88. The van der Waals surface area contributed by atoms with E-state index in [1.165, 1.54) is 12.4 Å². The van der Waals surface area contributed by atoms with Crippen molar-refractivity contribution in [1.82, 2.24) is 9.97 Å². The van der Waals surface area contributed by atoms with Crippen molar-refractivity contribution in [1.29, 1.82) is 0 Å². The molecule has 0 bridgehead atoms. The summed E-state index contributed by atoms with van der Waals surface area (Å²) in [4.78, 5) is 17.7. The number of furan rings is 1. The van der Waals surface area contributed by atoms with Crippen LogP contribution in [0.1, 0.15) is 0 Å². The van der Waals surface area contributed by atoms with Gasteiger partial charge in [-0.05, 0) is 12.1 Å². The Kier molecular flexibility index (Phi) is 2.23. The first-order chi connectivity index (χ1) is 8.24. The zero-order valence-electron chi connectivity index (χ0n) is 8.61. The Balaban J connectivity index is 2.25. The Morgan fingerprint density at radius 2 is 2.18 bits per heavy atom. The molecule has 2 heterocycles. The molecule has 3 rings (SSSR count). The summed E-state index contributed by atoms with van der Waals surface area (Å²) in [5, 5.41) is 1.42. The van der Waals surface area contributed by atoms with Crippen molar-refractivity contribution >= 4 is 22.6 Å². The molecule has 17 heavy (non-hydrogen) atoms. The molecular weight excluding hydrogens is 240 g/mol. The summed E-state index contributed by atoms with van der Waals surface area (Å²) in [6.07, 6.45) is 1.34. The summed E-state index contributed by atoms with van der Waals surface area (Å²) in [5.41, 5.74) is 0.869. The average Bonchev–Trinajstić information content (AvgIpc) is 2.74. The van der Waals surface area contributed by atoms with Gasteiger partial charge >= 0.3 is 0 Å². The van der Waals surface area contributed by atoms with Crippen LogP contribution >= 0.6 is 11.6 Å². The quantitative estimate of drug-likeness (QED) is 0.718. The highest BCUT2D eigenvalue weighted by atomic mass is 35.5. The molecule has 0 fully saturated rings. The number of aromatic nitrogens is 2. The molecule has 3 aromatic rings. The summed E-state index contributed by atoms with van der Waals surface area (Å²) < 4.78 is 5.59. The largest absolute Gasteiger partial charge is 0.453 e. The van der Waals surface area contributed by atoms with Gasteiger partial charge in [0.1, 0.15) is 5.69 Å². The second-order valence-corrected chi connectivity index (χ2v) is 3.97. The topological polar surface area (TPSA) is 58.9 Å². The Morgan fingerprint density at radius 1 is 1.29 bits per heavy atom. The Morgan fingerprint density at radius 3 is 2.94 bits per heavy atom. The van der Waals surface area contributed by atoms with Crippen molar-refractivity contribution < 1.29 is 4.42 Å². The van der Waals surface area contributed by atoms with Gasteiger partial charge in [0.2, 0.25) is 0 Å². The molecule has 0 saturated carbocycles. The number of halogens is 1. The number of aromatic amines is 1. The van der Waals surface area contributed by atoms with Gasteiger partial charge in [-0.2, -0.15) is 0 Å². The molecule has 5 heteroatoms. The van der Waals surface area contributed by atoms with Gasteiger partial charge < -0.3 is 9.40 Å². The van der Waals surface area contributed by atoms with Gasteiger partial charge in [-0.1, -0.05) is 23.7 Å². The summed E-state index contributed by atoms with van der Waals surface area (Å²) >= 11 is 6.01. The lowest BCUT2D eigenvalue weighted by atomic mass is 10.2. The normalized spacial score (nSPS) is 10.9. The zero-order valence-corrected chi connectivity index (χ0v) is 9.36. The fourth-order valence-electron chi connectivity index (χ4n) is 1.66. The molecule has 1 aromatic carbocycles. The van der Waals surface area contributed by atoms with Gasteiger partial charge in [0, 0.05) is 11.5 Å². The predicted molar refractivity (Wildman–Crippen MR) is 65.1 cm³/mol. The van der Waals surface area contributed by atoms with Crippen LogP contribution in [0.4, 0.5) is 0 Å². The number of nitrogens with zero attached hydrogens (tertiary/aromatic N) is 1. The first-order valence-electron chi connectivity index (χ1n) is 4.97. The minimum Gasteiger partial charge on any atom is -0.453 e. The fraction of sp³-hybridized carbons (Fsp3) is 0. The maximum absolute atomic E-state index is 11.2. The third kappa shape index (κ3) is 1.72. The molecule has 0 aliphatic carbocycles. The standard InChI is InChI=1S/C12H7ClN2O2/c13-8-3-1-2-7-4-10(17-12(7)8)9-5-11(16)15-6-14-9/h1-6H,(H,14,15,16). The molecule has 0 unspecified atom stereocenters. The van der Waals surface area contributed by atoms with Crippen molar-refractivity contribution in [3.63, 3.8) is 0 Å². The highest BCUT2D eigenvalue weighted by Gasteiger charge is 2.09. The maximum Gasteiger partial charge on any atom is 0.251 e. The Bertz CT molecular complexity index is 745. The van der Waals surface area contributed by atoms with E-state index < -0.39 is 0 Å². The Hall–Kier alpha value is -2.07. The van der Waals surface area contributed by atoms with E-state index >= 15 is 0 Å². The molecule has 0 aliphatic heterocycles. The number of H-pyrrole nitrogens is 1. The SMILES string of the molecule is O=c1cc(-c2cc3cccc(Cl)c3o2)nc[nH]1. The van der Waals surface area contributed by atoms with E-state index in [2.05, 4.69) is 9.97 Å². The molecule has 0 radical (unpaired) electrons. The summed E-state index contributed by atoms with van der Waals surface area (Å²) in [6, 6.07) is 8.67. The van der Waals surface area contributed by atoms with Crippen molar-refractivity contribution in [3.8, 4) is 11.5 Å². The van der Waals surface area contributed by atoms with Crippen molar-refractivity contribution in [2.75, 3.05) is 0 Å². The number of hydrogen-bond acceptors (Lipinski definition) is 3. The van der Waals surface area contributed by atoms with Crippen LogP contribution in [-0.2, 0) is 0 Å². The monoisotopic (exact) mass is 246 g/mol. The van der Waals surface area contributed by atoms with Crippen LogP contribution in [0.2, 0.25) is 5.02 Å². The lowest BCUT2D eigenvalue weighted by molar-refractivity contribution is 0.628. The second kappa shape index (κ2) is 3.75. The van der Waals surface area contributed by atoms with Gasteiger partial charge in [0.15, 0.2) is 11.3 Å². The predicted octanol–water partition coefficient (Wildman–Crippen LogP) is 2.84. The second-order valence-electron chi connectivity index (χ2n) is 3.57. The van der Waals surface area contributed by atoms with Crippen LogP contribution in [0.3, 0.4) is 0 Å². The molecular formula is C12H7ClN2O2. The van der Waals surface area contributed by atoms with Crippen molar-refractivity contribution in [2.24, 2.45) is 0 Å². The van der Waals surface area contributed by atoms with Gasteiger partial charge in [-0.15, -0.1) is 0 Å². The minimum absolute atomic E-state index is 0.221. The van der Waals surface area contributed by atoms with Crippen LogP contribution in [-0.4, -0.2) is 9.97 Å². The van der Waals surface area contributed by atoms with Crippen LogP contribution < -0.4 is 5.56 Å². The van der Waals surface area contributed by atoms with Gasteiger partial charge in [-0.3, -0.25) is 4.79 Å². The number of nitrogens with one attached hydrogen (secondary N) is 1. The van der Waals surface area contributed by atoms with Gasteiger partial charge in [-0.25, -0.2) is 4.98 Å². The van der Waals surface area contributed by atoms with E-state index in [-0.39, 0.29) is 5.56 Å². The lowest BCUT2D eigenvalue weighted by Gasteiger charge is -1.93. The molecule has 0 saturated heterocycles. The molecule has 0 aliphatic rings. The number of fused-ring (bicyclic) bond motifs is 1. The molecule has 84 valence electrons. The van der Waals surface area contributed by atoms with E-state index in [0.717, 1.165) is 5.39 Å². The highest BCUT2D eigenvalue weighted by molar-refractivity contribution is 6.34. The van der Waals surface area contributed by atoms with E-state index in [1.807, 2.05) is 18.2 Å². The van der Waals surface area contributed by atoms with Crippen LogP contribution in [0.15, 0.2) is 45.9 Å². The summed E-state index contributed by atoms with van der Waals surface area (Å²) in [6.45, 7) is 0.